The molecule has 0 rings (SSSR count). The van der Waals surface area contributed by atoms with Crippen LogP contribution >= 0.6 is 7.26 Å². The summed E-state index contributed by atoms with van der Waals surface area (Å²) >= 11 is 0. The van der Waals surface area contributed by atoms with Gasteiger partial charge in [-0.05, 0) is 34.1 Å². The molecule has 3 nitrogen and oxygen atoms in total. The maximum atomic E-state index is 10.4. The van der Waals surface area contributed by atoms with E-state index in [4.69, 9.17) is 0 Å². The normalized spacial score (nSPS) is 11.9. The van der Waals surface area contributed by atoms with Gasteiger partial charge in [0.1, 0.15) is 0 Å². The molecule has 0 aromatic heterocycles. The minimum Gasteiger partial charge on any atom is -0.748 e. The molecule has 0 bridgehead atoms. The van der Waals surface area contributed by atoms with Crippen LogP contribution in [0.5, 0.6) is 0 Å². The minimum absolute atomic E-state index is 0.189. The van der Waals surface area contributed by atoms with Crippen molar-refractivity contribution >= 4 is 17.4 Å². The molecule has 0 fully saturated rings. The van der Waals surface area contributed by atoms with Crippen LogP contribution < -0.4 is 0 Å². The van der Waals surface area contributed by atoms with Crippen LogP contribution in [0, 0.1) is 0 Å². The molecule has 0 aromatic carbocycles. The zero-order chi connectivity index (χ0) is 22.4. The molecule has 0 saturated carbocycles. The molecule has 5 heteroatoms. The van der Waals surface area contributed by atoms with Crippen molar-refractivity contribution in [3.8, 4) is 0 Å². The maximum absolute atomic E-state index is 10.4. The standard InChI is InChI=1S/C16H34O3S.C8H20P/c1-2-3-4-5-6-7-8-9-10-11-12-13-14-15-16-20(17,18)19;1-5-9(6-2,7-3)8-4/h2-16H2,1H3,(H,17,18,19);5-8H2,1-4H3/q;+1/p-1. The predicted octanol–water partition coefficient (Wildman–Crippen LogP) is 8.10. The Kier molecular flexibility index (Phi) is 23.4. The minimum atomic E-state index is -3.99. The molecular weight excluding hydrogens is 399 g/mol. The van der Waals surface area contributed by atoms with Crippen LogP contribution in [0.25, 0.3) is 0 Å². The summed E-state index contributed by atoms with van der Waals surface area (Å²) < 4.78 is 31.2. The van der Waals surface area contributed by atoms with Gasteiger partial charge >= 0.3 is 0 Å². The van der Waals surface area contributed by atoms with Gasteiger partial charge in [-0.25, -0.2) is 8.42 Å². The van der Waals surface area contributed by atoms with Crippen LogP contribution in [0.1, 0.15) is 125 Å². The van der Waals surface area contributed by atoms with Crippen molar-refractivity contribution in [1.29, 1.82) is 0 Å². The molecule has 0 aliphatic carbocycles. The number of hydrogen-bond donors (Lipinski definition) is 0. The van der Waals surface area contributed by atoms with Crippen molar-refractivity contribution in [3.05, 3.63) is 0 Å². The predicted molar refractivity (Wildman–Crippen MR) is 134 cm³/mol. The molecule has 0 unspecified atom stereocenters. The summed E-state index contributed by atoms with van der Waals surface area (Å²) in [4.78, 5) is 0. The van der Waals surface area contributed by atoms with E-state index in [0.717, 1.165) is 12.8 Å². The van der Waals surface area contributed by atoms with E-state index in [9.17, 15) is 13.0 Å². The molecule has 0 heterocycles. The fourth-order valence-electron chi connectivity index (χ4n) is 3.82. The molecule has 0 aliphatic heterocycles. The Labute approximate surface area is 185 Å². The zero-order valence-corrected chi connectivity index (χ0v) is 22.2. The first-order valence-electron chi connectivity index (χ1n) is 12.6. The summed E-state index contributed by atoms with van der Waals surface area (Å²) in [6.45, 7) is 11.7. The van der Waals surface area contributed by atoms with E-state index >= 15 is 0 Å². The van der Waals surface area contributed by atoms with Gasteiger partial charge in [0.05, 0.1) is 34.8 Å². The van der Waals surface area contributed by atoms with E-state index in [0.29, 0.717) is 6.42 Å². The molecular formula is C24H53O3PS. The lowest BCUT2D eigenvalue weighted by Gasteiger charge is -2.20. The van der Waals surface area contributed by atoms with E-state index < -0.39 is 17.4 Å². The Morgan fingerprint density at radius 1 is 0.517 bits per heavy atom. The van der Waals surface area contributed by atoms with Gasteiger partial charge in [0, 0.05) is 13.0 Å². The van der Waals surface area contributed by atoms with Crippen molar-refractivity contribution in [1.82, 2.24) is 0 Å². The Morgan fingerprint density at radius 2 is 0.793 bits per heavy atom. The van der Waals surface area contributed by atoms with Crippen LogP contribution in [-0.4, -0.2) is 43.4 Å². The van der Waals surface area contributed by atoms with Crippen LogP contribution in [0.2, 0.25) is 0 Å². The molecule has 29 heavy (non-hydrogen) atoms. The highest BCUT2D eigenvalue weighted by Crippen LogP contribution is 2.57. The zero-order valence-electron chi connectivity index (χ0n) is 20.5. The number of hydrogen-bond acceptors (Lipinski definition) is 3. The topological polar surface area (TPSA) is 57.2 Å². The van der Waals surface area contributed by atoms with Gasteiger partial charge in [-0.15, -0.1) is 0 Å². The highest BCUT2D eigenvalue weighted by molar-refractivity contribution is 7.85. The van der Waals surface area contributed by atoms with E-state index in [1.54, 1.807) is 0 Å². The second-order valence-corrected chi connectivity index (χ2v) is 15.2. The molecule has 0 aliphatic rings. The Bertz CT molecular complexity index is 402. The molecule has 0 N–H and O–H groups in total. The molecule has 0 aromatic rings. The first-order valence-corrected chi connectivity index (χ1v) is 16.7. The van der Waals surface area contributed by atoms with Crippen LogP contribution in [0.15, 0.2) is 0 Å². The fraction of sp³-hybridized carbons (Fsp3) is 1.00. The quantitative estimate of drug-likeness (QED) is 0.113. The van der Waals surface area contributed by atoms with Crippen molar-refractivity contribution < 1.29 is 13.0 Å². The van der Waals surface area contributed by atoms with Gasteiger partial charge in [0.25, 0.3) is 0 Å². The van der Waals surface area contributed by atoms with Crippen molar-refractivity contribution in [2.45, 2.75) is 125 Å². The Hall–Kier alpha value is 0.340. The second-order valence-electron chi connectivity index (χ2n) is 8.46. The average Bonchev–Trinajstić information content (AvgIpc) is 2.70. The summed E-state index contributed by atoms with van der Waals surface area (Å²) in [6, 6.07) is 0. The first-order chi connectivity index (χ1) is 13.8. The summed E-state index contributed by atoms with van der Waals surface area (Å²) in [7, 11) is -4.41. The van der Waals surface area contributed by atoms with Crippen LogP contribution in [0.3, 0.4) is 0 Å². The van der Waals surface area contributed by atoms with Gasteiger partial charge < -0.3 is 4.55 Å². The van der Waals surface area contributed by atoms with E-state index in [1.165, 1.54) is 95.3 Å². The monoisotopic (exact) mass is 452 g/mol. The molecule has 0 atom stereocenters. The van der Waals surface area contributed by atoms with Crippen molar-refractivity contribution in [3.63, 3.8) is 0 Å². The average molecular weight is 453 g/mol. The SMILES string of the molecule is CCCCCCCCCCCCCCCCS(=O)(=O)[O-].CC[P+](CC)(CC)CC. The second kappa shape index (κ2) is 21.6. The maximum Gasteiger partial charge on any atom is 0.0945 e. The fourth-order valence-corrected chi connectivity index (χ4v) is 7.06. The van der Waals surface area contributed by atoms with E-state index in [1.807, 2.05) is 0 Å². The lowest BCUT2D eigenvalue weighted by molar-refractivity contribution is 0.459. The van der Waals surface area contributed by atoms with Crippen LogP contribution in [0.4, 0.5) is 0 Å². The lowest BCUT2D eigenvalue weighted by Crippen LogP contribution is -2.04. The van der Waals surface area contributed by atoms with Crippen molar-refractivity contribution in [2.24, 2.45) is 0 Å². The Morgan fingerprint density at radius 3 is 1.00 bits per heavy atom. The molecule has 0 radical (unpaired) electrons. The van der Waals surface area contributed by atoms with E-state index in [-0.39, 0.29) is 5.75 Å². The van der Waals surface area contributed by atoms with E-state index in [2.05, 4.69) is 34.6 Å². The third-order valence-electron chi connectivity index (χ3n) is 6.43. The summed E-state index contributed by atoms with van der Waals surface area (Å²) in [5.74, 6) is -0.189. The molecule has 0 saturated heterocycles. The van der Waals surface area contributed by atoms with Gasteiger partial charge in [0.2, 0.25) is 0 Å². The highest BCUT2D eigenvalue weighted by atomic mass is 32.2. The van der Waals surface area contributed by atoms with Crippen molar-refractivity contribution in [2.75, 3.05) is 30.4 Å². The third kappa shape index (κ3) is 22.8. The number of unbranched alkanes of at least 4 members (excludes halogenated alkanes) is 13. The molecule has 0 amide bonds. The molecule has 0 spiro atoms. The van der Waals surface area contributed by atoms with Gasteiger partial charge in [-0.2, -0.15) is 0 Å². The largest absolute Gasteiger partial charge is 0.748 e. The highest BCUT2D eigenvalue weighted by Gasteiger charge is 2.27. The van der Waals surface area contributed by atoms with Gasteiger partial charge in [-0.3, -0.25) is 0 Å². The lowest BCUT2D eigenvalue weighted by atomic mass is 10.0. The summed E-state index contributed by atoms with van der Waals surface area (Å²) in [6.07, 6.45) is 23.0. The first kappa shape index (κ1) is 31.5. The van der Waals surface area contributed by atoms with Crippen LogP contribution in [-0.2, 0) is 10.1 Å². The third-order valence-corrected chi connectivity index (χ3v) is 12.6. The smallest absolute Gasteiger partial charge is 0.0945 e. The number of rotatable bonds is 19. The van der Waals surface area contributed by atoms with Gasteiger partial charge in [0.15, 0.2) is 0 Å². The Balaban J connectivity index is 0. The molecule has 178 valence electrons. The summed E-state index contributed by atoms with van der Waals surface area (Å²) in [5, 5.41) is 0. The van der Waals surface area contributed by atoms with Gasteiger partial charge in [-0.1, -0.05) is 90.4 Å². The summed E-state index contributed by atoms with van der Waals surface area (Å²) in [5.41, 5.74) is 0.